The van der Waals surface area contributed by atoms with E-state index in [0.29, 0.717) is 5.69 Å². The molecule has 0 atom stereocenters. The van der Waals surface area contributed by atoms with Crippen molar-refractivity contribution >= 4 is 0 Å². The molecule has 1 heterocycles. The Morgan fingerprint density at radius 2 is 1.29 bits per heavy atom. The van der Waals surface area contributed by atoms with Crippen molar-refractivity contribution in [3.05, 3.63) is 87.1 Å². The van der Waals surface area contributed by atoms with Gasteiger partial charge in [0.1, 0.15) is 0 Å². The number of nitrogens with zero attached hydrogens (tertiary/aromatic N) is 3. The predicted molar refractivity (Wildman–Crippen MR) is 81.0 cm³/mol. The third-order valence-corrected chi connectivity index (χ3v) is 2.94. The molecule has 2 aromatic rings. The van der Waals surface area contributed by atoms with Gasteiger partial charge >= 0.3 is 17.1 Å². The van der Waals surface area contributed by atoms with Crippen LogP contribution in [0.2, 0.25) is 0 Å². The van der Waals surface area contributed by atoms with E-state index in [1.165, 1.54) is 12.2 Å². The third-order valence-electron chi connectivity index (χ3n) is 2.94. The van der Waals surface area contributed by atoms with E-state index in [2.05, 4.69) is 13.2 Å². The highest BCUT2D eigenvalue weighted by atomic mass is 16.2. The lowest BCUT2D eigenvalue weighted by Gasteiger charge is -2.11. The summed E-state index contributed by atoms with van der Waals surface area (Å²) in [6.07, 6.45) is 2.86. The van der Waals surface area contributed by atoms with Gasteiger partial charge in [-0.25, -0.2) is 28.1 Å². The van der Waals surface area contributed by atoms with Crippen LogP contribution in [-0.4, -0.2) is 13.7 Å². The van der Waals surface area contributed by atoms with E-state index in [-0.39, 0.29) is 13.1 Å². The molecule has 0 saturated heterocycles. The van der Waals surface area contributed by atoms with Gasteiger partial charge < -0.3 is 0 Å². The van der Waals surface area contributed by atoms with Crippen LogP contribution in [0.4, 0.5) is 0 Å². The van der Waals surface area contributed by atoms with Gasteiger partial charge in [0.2, 0.25) is 0 Å². The molecule has 0 unspecified atom stereocenters. The fourth-order valence-electron chi connectivity index (χ4n) is 2.00. The zero-order valence-electron chi connectivity index (χ0n) is 11.4. The Morgan fingerprint density at radius 1 is 0.810 bits per heavy atom. The minimum atomic E-state index is -0.684. The summed E-state index contributed by atoms with van der Waals surface area (Å²) < 4.78 is 2.89. The zero-order chi connectivity index (χ0) is 15.4. The average molecular weight is 285 g/mol. The Balaban J connectivity index is 2.91. The van der Waals surface area contributed by atoms with Crippen molar-refractivity contribution in [2.75, 3.05) is 0 Å². The molecule has 0 N–H and O–H groups in total. The van der Waals surface area contributed by atoms with Crippen LogP contribution in [0.5, 0.6) is 0 Å². The van der Waals surface area contributed by atoms with Gasteiger partial charge in [-0.3, -0.25) is 0 Å². The maximum Gasteiger partial charge on any atom is 0.341 e. The average Bonchev–Trinajstić information content (AvgIpc) is 2.49. The molecule has 6 heteroatoms. The molecule has 0 aliphatic carbocycles. The first-order chi connectivity index (χ1) is 10.1. The van der Waals surface area contributed by atoms with Crippen LogP contribution >= 0.6 is 0 Å². The first kappa shape index (κ1) is 14.5. The molecule has 1 aromatic carbocycles. The summed E-state index contributed by atoms with van der Waals surface area (Å²) in [7, 11) is 0. The Bertz CT molecular complexity index is 793. The van der Waals surface area contributed by atoms with Gasteiger partial charge in [-0.15, -0.1) is 13.2 Å². The molecule has 0 amide bonds. The molecule has 0 aliphatic heterocycles. The van der Waals surface area contributed by atoms with Gasteiger partial charge in [-0.05, 0) is 12.1 Å². The molecule has 0 bridgehead atoms. The highest BCUT2D eigenvalue weighted by Gasteiger charge is 2.14. The second kappa shape index (κ2) is 6.04. The van der Waals surface area contributed by atoms with E-state index in [9.17, 15) is 14.4 Å². The van der Waals surface area contributed by atoms with Gasteiger partial charge in [0, 0.05) is 0 Å². The molecule has 2 rings (SSSR count). The SMILES string of the molecule is C=CCn1c(=O)n(CC=C)c(=O)n(-c2ccccc2)c1=O. The highest BCUT2D eigenvalue weighted by Crippen LogP contribution is 1.99. The number of aromatic nitrogens is 3. The van der Waals surface area contributed by atoms with Crippen molar-refractivity contribution in [3.63, 3.8) is 0 Å². The van der Waals surface area contributed by atoms with E-state index in [4.69, 9.17) is 0 Å². The molecule has 6 nitrogen and oxygen atoms in total. The van der Waals surface area contributed by atoms with Crippen molar-refractivity contribution in [1.82, 2.24) is 13.7 Å². The van der Waals surface area contributed by atoms with Crippen LogP contribution in [0.1, 0.15) is 0 Å². The molecule has 1 aromatic heterocycles. The van der Waals surface area contributed by atoms with Crippen LogP contribution in [0.3, 0.4) is 0 Å². The first-order valence-electron chi connectivity index (χ1n) is 6.35. The summed E-state index contributed by atoms with van der Waals surface area (Å²) in [4.78, 5) is 37.0. The first-order valence-corrected chi connectivity index (χ1v) is 6.35. The van der Waals surface area contributed by atoms with Crippen molar-refractivity contribution in [2.24, 2.45) is 0 Å². The lowest BCUT2D eigenvalue weighted by molar-refractivity contribution is 0.540. The standard InChI is InChI=1S/C15H15N3O3/c1-3-10-16-13(19)17(11-4-2)15(21)18(14(16)20)12-8-6-5-7-9-12/h3-9H,1-2,10-11H2. The topological polar surface area (TPSA) is 66.0 Å². The lowest BCUT2D eigenvalue weighted by atomic mass is 10.3. The van der Waals surface area contributed by atoms with Crippen molar-refractivity contribution in [2.45, 2.75) is 13.1 Å². The molecule has 0 saturated carbocycles. The van der Waals surface area contributed by atoms with Crippen molar-refractivity contribution < 1.29 is 0 Å². The number of benzene rings is 1. The van der Waals surface area contributed by atoms with Gasteiger partial charge in [0.25, 0.3) is 0 Å². The van der Waals surface area contributed by atoms with Gasteiger partial charge in [-0.2, -0.15) is 0 Å². The smallest absolute Gasteiger partial charge is 0.247 e. The second-order valence-electron chi connectivity index (χ2n) is 4.32. The fourth-order valence-corrected chi connectivity index (χ4v) is 2.00. The Morgan fingerprint density at radius 3 is 1.71 bits per heavy atom. The van der Waals surface area contributed by atoms with Gasteiger partial charge in [-0.1, -0.05) is 30.4 Å². The van der Waals surface area contributed by atoms with E-state index in [0.717, 1.165) is 13.7 Å². The van der Waals surface area contributed by atoms with Gasteiger partial charge in [0.15, 0.2) is 0 Å². The van der Waals surface area contributed by atoms with Crippen LogP contribution in [0.25, 0.3) is 5.69 Å². The number of rotatable bonds is 5. The van der Waals surface area contributed by atoms with E-state index in [1.807, 2.05) is 0 Å². The quantitative estimate of drug-likeness (QED) is 0.753. The van der Waals surface area contributed by atoms with Crippen LogP contribution < -0.4 is 17.1 Å². The molecule has 0 spiro atoms. The van der Waals surface area contributed by atoms with Crippen LogP contribution in [-0.2, 0) is 13.1 Å². The molecule has 0 aliphatic rings. The summed E-state index contributed by atoms with van der Waals surface area (Å²) >= 11 is 0. The number of hydrogen-bond donors (Lipinski definition) is 0. The maximum absolute atomic E-state index is 12.4. The Kier molecular flexibility index (Phi) is 4.18. The number of para-hydroxylation sites is 1. The molecular weight excluding hydrogens is 270 g/mol. The Labute approximate surface area is 120 Å². The summed E-state index contributed by atoms with van der Waals surface area (Å²) in [5.74, 6) is 0. The molecule has 21 heavy (non-hydrogen) atoms. The largest absolute Gasteiger partial charge is 0.341 e. The minimum absolute atomic E-state index is 0.0297. The summed E-state index contributed by atoms with van der Waals surface area (Å²) in [6, 6.07) is 8.45. The van der Waals surface area contributed by atoms with E-state index >= 15 is 0 Å². The highest BCUT2D eigenvalue weighted by molar-refractivity contribution is 5.30. The van der Waals surface area contributed by atoms with Gasteiger partial charge in [0.05, 0.1) is 18.8 Å². The molecule has 0 fully saturated rings. The van der Waals surface area contributed by atoms with E-state index < -0.39 is 17.1 Å². The van der Waals surface area contributed by atoms with E-state index in [1.54, 1.807) is 30.3 Å². The summed E-state index contributed by atoms with van der Waals surface area (Å²) in [5.41, 5.74) is -1.63. The monoisotopic (exact) mass is 285 g/mol. The predicted octanol–water partition coefficient (Wildman–Crippen LogP) is 0.533. The Hall–Kier alpha value is -2.89. The number of allylic oxidation sites excluding steroid dienone is 2. The number of hydrogen-bond acceptors (Lipinski definition) is 3. The molecule has 0 radical (unpaired) electrons. The van der Waals surface area contributed by atoms with Crippen molar-refractivity contribution in [3.8, 4) is 5.69 Å². The minimum Gasteiger partial charge on any atom is -0.247 e. The fraction of sp³-hybridized carbons (Fsp3) is 0.133. The van der Waals surface area contributed by atoms with Crippen LogP contribution in [0.15, 0.2) is 70.0 Å². The second-order valence-corrected chi connectivity index (χ2v) is 4.32. The normalized spacial score (nSPS) is 10.3. The zero-order valence-corrected chi connectivity index (χ0v) is 11.4. The molecular formula is C15H15N3O3. The summed E-state index contributed by atoms with van der Waals surface area (Å²) in [6.45, 7) is 7.11. The maximum atomic E-state index is 12.4. The molecule has 108 valence electrons. The summed E-state index contributed by atoms with van der Waals surface area (Å²) in [5, 5.41) is 0. The van der Waals surface area contributed by atoms with Crippen molar-refractivity contribution in [1.29, 1.82) is 0 Å². The lowest BCUT2D eigenvalue weighted by Crippen LogP contribution is -2.53. The van der Waals surface area contributed by atoms with Crippen LogP contribution in [0, 0.1) is 0 Å². The third kappa shape index (κ3) is 2.55.